The Bertz CT molecular complexity index is 2350. The van der Waals surface area contributed by atoms with Gasteiger partial charge in [-0.05, 0) is 77.3 Å². The average Bonchev–Trinajstić information content (AvgIpc) is 3.97. The minimum absolute atomic E-state index is 0.0288. The van der Waals surface area contributed by atoms with Gasteiger partial charge in [-0.15, -0.1) is 11.3 Å². The molecule has 5 N–H and O–H groups in total. The first kappa shape index (κ1) is 50.4. The summed E-state index contributed by atoms with van der Waals surface area (Å²) >= 11 is 1.45. The molecule has 3 aliphatic heterocycles. The van der Waals surface area contributed by atoms with Crippen molar-refractivity contribution in [1.29, 1.82) is 0 Å². The molecule has 0 unspecified atom stereocenters. The van der Waals surface area contributed by atoms with Crippen LogP contribution in [0.25, 0.3) is 22.3 Å². The van der Waals surface area contributed by atoms with Crippen molar-refractivity contribution in [3.63, 3.8) is 0 Å². The van der Waals surface area contributed by atoms with Crippen LogP contribution in [-0.4, -0.2) is 136 Å². The van der Waals surface area contributed by atoms with Crippen molar-refractivity contribution >= 4 is 61.4 Å². The number of benzene rings is 1. The number of carbonyl (C=O) groups excluding carboxylic acids is 3. The number of methoxy groups -OCH3 is 1. The van der Waals surface area contributed by atoms with Gasteiger partial charge in [-0.3, -0.25) is 9.59 Å². The number of ether oxygens (including phenoxy) is 2. The third-order valence-electron chi connectivity index (χ3n) is 12.2. The highest BCUT2D eigenvalue weighted by molar-refractivity contribution is 7.87. The van der Waals surface area contributed by atoms with Crippen LogP contribution in [-0.2, 0) is 24.6 Å². The Morgan fingerprint density at radius 2 is 1.76 bits per heavy atom. The fourth-order valence-electron chi connectivity index (χ4n) is 8.46. The van der Waals surface area contributed by atoms with Crippen molar-refractivity contribution < 1.29 is 42.2 Å². The second-order valence-electron chi connectivity index (χ2n) is 19.0. The Balaban J connectivity index is 1.31. The molecule has 0 aliphatic carbocycles. The Labute approximate surface area is 392 Å². The van der Waals surface area contributed by atoms with E-state index in [1.165, 1.54) is 24.8 Å². The number of allylic oxidation sites excluding steroid dienone is 2. The second kappa shape index (κ2) is 21.7. The van der Waals surface area contributed by atoms with Gasteiger partial charge in [0.15, 0.2) is 5.13 Å². The molecule has 2 aromatic heterocycles. The summed E-state index contributed by atoms with van der Waals surface area (Å²) in [6.45, 7) is 14.0. The van der Waals surface area contributed by atoms with Crippen LogP contribution >= 0.6 is 11.3 Å². The van der Waals surface area contributed by atoms with Crippen LogP contribution in [0.2, 0.25) is 0 Å². The normalized spacial score (nSPS) is 23.6. The van der Waals surface area contributed by atoms with Crippen LogP contribution in [0.15, 0.2) is 41.8 Å². The number of pyridine rings is 1. The number of nitrogens with zero attached hydrogens (tertiary/aromatic N) is 5. The van der Waals surface area contributed by atoms with Gasteiger partial charge in [-0.25, -0.2) is 19.6 Å². The zero-order valence-corrected chi connectivity index (χ0v) is 41.0. The molecule has 18 nitrogen and oxygen atoms in total. The molecule has 2 saturated heterocycles. The maximum Gasteiger partial charge on any atom is 0.326 e. The fourth-order valence-corrected chi connectivity index (χ4v) is 11.1. The van der Waals surface area contributed by atoms with Gasteiger partial charge in [0.1, 0.15) is 41.4 Å². The lowest BCUT2D eigenvalue weighted by atomic mass is 9.86. The molecule has 3 aliphatic rings. The van der Waals surface area contributed by atoms with Crippen molar-refractivity contribution in [3.05, 3.63) is 41.8 Å². The number of rotatable bonds is 12. The Hall–Kier alpha value is -5.05. The Kier molecular flexibility index (Phi) is 16.6. The minimum Gasteiger partial charge on any atom is -0.497 e. The van der Waals surface area contributed by atoms with Gasteiger partial charge in [0.2, 0.25) is 11.8 Å². The van der Waals surface area contributed by atoms with Gasteiger partial charge in [0.25, 0.3) is 10.2 Å². The van der Waals surface area contributed by atoms with Crippen LogP contribution in [0.3, 0.4) is 0 Å². The molecule has 0 bridgehead atoms. The minimum atomic E-state index is -3.75. The number of hydrogen-bond donors (Lipinski definition) is 5. The van der Waals surface area contributed by atoms with Crippen molar-refractivity contribution in [3.8, 4) is 22.9 Å². The molecule has 0 spiro atoms. The maximum atomic E-state index is 15.0. The van der Waals surface area contributed by atoms with E-state index in [0.29, 0.717) is 53.2 Å². The van der Waals surface area contributed by atoms with E-state index in [0.717, 1.165) is 24.4 Å². The summed E-state index contributed by atoms with van der Waals surface area (Å²) < 4.78 is 42.0. The van der Waals surface area contributed by atoms with Crippen LogP contribution in [0.4, 0.5) is 9.93 Å². The molecule has 66 heavy (non-hydrogen) atoms. The van der Waals surface area contributed by atoms with Crippen LogP contribution in [0, 0.1) is 5.41 Å². The molecule has 5 heterocycles. The first-order valence-electron chi connectivity index (χ1n) is 23.0. The quantitative estimate of drug-likeness (QED) is 0.137. The van der Waals surface area contributed by atoms with E-state index in [4.69, 9.17) is 19.4 Å². The smallest absolute Gasteiger partial charge is 0.326 e. The number of fused-ring (bicyclic) bond motifs is 2. The first-order chi connectivity index (χ1) is 31.2. The summed E-state index contributed by atoms with van der Waals surface area (Å²) in [4.78, 5) is 66.8. The van der Waals surface area contributed by atoms with E-state index in [1.807, 2.05) is 72.1 Å². The zero-order valence-electron chi connectivity index (χ0n) is 39.3. The lowest BCUT2D eigenvalue weighted by Gasteiger charge is -2.35. The summed E-state index contributed by atoms with van der Waals surface area (Å²) in [6, 6.07) is 2.44. The summed E-state index contributed by atoms with van der Waals surface area (Å²) in [5.41, 5.74) is 1.16. The molecule has 0 radical (unpaired) electrons. The summed E-state index contributed by atoms with van der Waals surface area (Å²) in [5.74, 6) is -1.33. The van der Waals surface area contributed by atoms with Gasteiger partial charge in [0.05, 0.1) is 24.9 Å². The van der Waals surface area contributed by atoms with Crippen LogP contribution in [0.5, 0.6) is 11.5 Å². The Morgan fingerprint density at radius 1 is 1.00 bits per heavy atom. The maximum absolute atomic E-state index is 15.0. The van der Waals surface area contributed by atoms with Gasteiger partial charge >= 0.3 is 12.0 Å². The molecule has 0 saturated carbocycles. The average molecular weight is 954 g/mol. The molecular formula is C46H67N9O9S2. The second-order valence-corrected chi connectivity index (χ2v) is 21.7. The third kappa shape index (κ3) is 12.5. The third-order valence-corrected chi connectivity index (χ3v) is 15.1. The number of anilines is 1. The number of aromatic nitrogens is 2. The van der Waals surface area contributed by atoms with Gasteiger partial charge in [-0.1, -0.05) is 45.8 Å². The zero-order chi connectivity index (χ0) is 47.9. The van der Waals surface area contributed by atoms with Crippen molar-refractivity contribution in [2.24, 2.45) is 5.41 Å². The summed E-state index contributed by atoms with van der Waals surface area (Å²) in [7, 11) is -2.18. The van der Waals surface area contributed by atoms with Gasteiger partial charge in [0, 0.05) is 67.1 Å². The lowest BCUT2D eigenvalue weighted by Crippen LogP contribution is -2.59. The van der Waals surface area contributed by atoms with E-state index >= 15 is 0 Å². The molecular weight excluding hydrogens is 887 g/mol. The highest BCUT2D eigenvalue weighted by Gasteiger charge is 2.45. The topological polar surface area (TPSA) is 225 Å². The number of aliphatic carboxylic acids is 1. The van der Waals surface area contributed by atoms with Crippen molar-refractivity contribution in [1.82, 2.24) is 39.4 Å². The monoisotopic (exact) mass is 953 g/mol. The number of urea groups is 1. The molecule has 4 amide bonds. The molecule has 3 aromatic rings. The molecule has 20 heteroatoms. The van der Waals surface area contributed by atoms with Gasteiger partial charge in [-0.2, -0.15) is 17.0 Å². The highest BCUT2D eigenvalue weighted by Crippen LogP contribution is 2.36. The number of thiazole rings is 1. The summed E-state index contributed by atoms with van der Waals surface area (Å²) in [6.07, 6.45) is 7.00. The molecule has 6 rings (SSSR count). The molecule has 2 fully saturated rings. The van der Waals surface area contributed by atoms with E-state index in [1.54, 1.807) is 25.3 Å². The van der Waals surface area contributed by atoms with Crippen LogP contribution in [0.1, 0.15) is 99.8 Å². The number of hydrogen-bond acceptors (Lipinski definition) is 12. The fraction of sp³-hybridized carbons (Fsp3) is 0.609. The van der Waals surface area contributed by atoms with E-state index < -0.39 is 69.7 Å². The first-order valence-corrected chi connectivity index (χ1v) is 25.2. The summed E-state index contributed by atoms with van der Waals surface area (Å²) in [5, 5.41) is 25.4. The van der Waals surface area contributed by atoms with Gasteiger partial charge < -0.3 is 40.7 Å². The number of carbonyl (C=O) groups is 4. The number of carboxylic acid groups (broad SMARTS) is 1. The number of amides is 4. The SMILES string of the molecule is COc1ccc2c(O[C@@H]3C[C@H]4C(=O)N[C@H](C(=O)O)CC/C=C\CCCCC[C@H](NC(=O)N[C@H](CN5CCN(C(C)C)S5(=O)=O)C(C)(C)C)C(=O)N4C3)cc(-c3csc(NC(C)C)n3)nc2c1. The molecule has 5 atom stereocenters. The Morgan fingerprint density at radius 3 is 2.44 bits per heavy atom. The van der Waals surface area contributed by atoms with Crippen LogP contribution < -0.4 is 30.7 Å². The standard InChI is InChI=1S/C46H67N9O9S2/c1-28(2)47-45-51-37(27-65-45)36-24-39(32-19-18-30(63-8)22-35(32)48-36)64-31-23-38-41(56)49-34(43(58)59)17-15-13-11-9-10-12-14-16-33(42(57)54(38)25-31)50-44(60)52-40(46(5,6)7)26-53-20-21-55(29(3)4)66(53,61)62/h11,13,18-19,22,24,27-29,31,33-34,38,40H,9-10,12,14-17,20-21,23,25-26H2,1-8H3,(H,47,51)(H,49,56)(H,58,59)(H2,50,52,60)/b13-11-/t31-,33+,34+,38+,40-/m1/s1. The molecule has 1 aromatic carbocycles. The van der Waals surface area contributed by atoms with Crippen molar-refractivity contribution in [2.45, 2.75) is 142 Å². The van der Waals surface area contributed by atoms with Crippen molar-refractivity contribution in [2.75, 3.05) is 38.6 Å². The van der Waals surface area contributed by atoms with E-state index in [2.05, 4.69) is 21.3 Å². The largest absolute Gasteiger partial charge is 0.497 e. The number of carboxylic acids is 1. The number of nitrogens with one attached hydrogen (secondary N) is 4. The van der Waals surface area contributed by atoms with E-state index in [-0.39, 0.29) is 51.0 Å². The highest BCUT2D eigenvalue weighted by atomic mass is 32.2. The molecule has 362 valence electrons. The van der Waals surface area contributed by atoms with E-state index in [9.17, 15) is 32.7 Å². The predicted octanol–water partition coefficient (Wildman–Crippen LogP) is 5.76. The lowest BCUT2D eigenvalue weighted by molar-refractivity contribution is -0.144. The predicted molar refractivity (Wildman–Crippen MR) is 255 cm³/mol.